The summed E-state index contributed by atoms with van der Waals surface area (Å²) in [5.41, 5.74) is 1.33. The predicted octanol–water partition coefficient (Wildman–Crippen LogP) is 4.84. The quantitative estimate of drug-likeness (QED) is 0.613. The molecule has 156 valence electrons. The van der Waals surface area contributed by atoms with Crippen LogP contribution in [-0.4, -0.2) is 25.8 Å². The number of para-hydroxylation sites is 1. The molecule has 1 aliphatic rings. The monoisotopic (exact) mass is 444 g/mol. The number of sulfonamides is 1. The maximum Gasteiger partial charge on any atom is 0.262 e. The third kappa shape index (κ3) is 3.85. The van der Waals surface area contributed by atoms with E-state index in [1.807, 2.05) is 17.2 Å². The molecule has 0 aliphatic carbocycles. The molecule has 1 N–H and O–H groups in total. The summed E-state index contributed by atoms with van der Waals surface area (Å²) in [7, 11) is -4.04. The van der Waals surface area contributed by atoms with Crippen LogP contribution in [0.25, 0.3) is 0 Å². The third-order valence-electron chi connectivity index (χ3n) is 5.25. The first kappa shape index (κ1) is 20.6. The van der Waals surface area contributed by atoms with Crippen molar-refractivity contribution in [2.45, 2.75) is 30.7 Å². The van der Waals surface area contributed by atoms with Crippen molar-refractivity contribution < 1.29 is 17.6 Å². The summed E-state index contributed by atoms with van der Waals surface area (Å²) in [4.78, 5) is 16.3. The van der Waals surface area contributed by atoms with Gasteiger partial charge in [0.05, 0.1) is 16.6 Å². The molecule has 0 saturated heterocycles. The van der Waals surface area contributed by atoms with Gasteiger partial charge in [-0.1, -0.05) is 25.1 Å². The van der Waals surface area contributed by atoms with Gasteiger partial charge in [0, 0.05) is 17.0 Å². The lowest BCUT2D eigenvalue weighted by atomic mass is 9.97. The minimum Gasteiger partial charge on any atom is -0.331 e. The number of hydrogen-bond donors (Lipinski definition) is 1. The minimum absolute atomic E-state index is 0.0238. The van der Waals surface area contributed by atoms with Gasteiger partial charge in [-0.05, 0) is 60.2 Å². The van der Waals surface area contributed by atoms with Gasteiger partial charge in [-0.3, -0.25) is 9.52 Å². The minimum atomic E-state index is -4.04. The Morgan fingerprint density at radius 1 is 1.20 bits per heavy atom. The Kier molecular flexibility index (Phi) is 5.62. The van der Waals surface area contributed by atoms with Gasteiger partial charge in [-0.2, -0.15) is 0 Å². The molecule has 3 aromatic rings. The number of anilines is 1. The van der Waals surface area contributed by atoms with Crippen molar-refractivity contribution in [1.82, 2.24) is 4.90 Å². The van der Waals surface area contributed by atoms with Crippen LogP contribution in [0.1, 0.15) is 40.2 Å². The van der Waals surface area contributed by atoms with Crippen LogP contribution in [0, 0.1) is 5.82 Å². The van der Waals surface area contributed by atoms with Crippen LogP contribution in [0.3, 0.4) is 0 Å². The Bertz CT molecular complexity index is 1190. The summed E-state index contributed by atoms with van der Waals surface area (Å²) in [6.45, 7) is 2.63. The van der Waals surface area contributed by atoms with E-state index in [4.69, 9.17) is 0 Å². The Morgan fingerprint density at radius 3 is 2.77 bits per heavy atom. The van der Waals surface area contributed by atoms with Crippen molar-refractivity contribution in [2.24, 2.45) is 0 Å². The van der Waals surface area contributed by atoms with Crippen LogP contribution in [-0.2, 0) is 16.4 Å². The van der Waals surface area contributed by atoms with E-state index in [1.165, 1.54) is 46.8 Å². The highest BCUT2D eigenvalue weighted by atomic mass is 32.2. The second-order valence-electron chi connectivity index (χ2n) is 7.08. The van der Waals surface area contributed by atoms with Crippen molar-refractivity contribution in [3.63, 3.8) is 0 Å². The van der Waals surface area contributed by atoms with Gasteiger partial charge in [0.1, 0.15) is 5.82 Å². The number of carbonyl (C=O) groups excluding carboxylic acids is 1. The number of benzene rings is 2. The first-order valence-corrected chi connectivity index (χ1v) is 12.0. The third-order valence-corrected chi connectivity index (χ3v) is 7.61. The Labute approximate surface area is 179 Å². The van der Waals surface area contributed by atoms with Gasteiger partial charge in [-0.25, -0.2) is 12.8 Å². The molecule has 0 spiro atoms. The van der Waals surface area contributed by atoms with Crippen molar-refractivity contribution in [1.29, 1.82) is 0 Å². The lowest BCUT2D eigenvalue weighted by molar-refractivity contribution is 0.0657. The summed E-state index contributed by atoms with van der Waals surface area (Å²) < 4.78 is 41.6. The van der Waals surface area contributed by atoms with Gasteiger partial charge in [0.25, 0.3) is 15.9 Å². The number of thiophene rings is 1. The molecule has 1 amide bonds. The highest BCUT2D eigenvalue weighted by Crippen LogP contribution is 2.36. The average Bonchev–Trinajstić information content (AvgIpc) is 3.23. The fourth-order valence-electron chi connectivity index (χ4n) is 3.79. The van der Waals surface area contributed by atoms with Crippen molar-refractivity contribution in [3.8, 4) is 0 Å². The molecule has 4 rings (SSSR count). The number of fused-ring (bicyclic) bond motifs is 1. The molecule has 8 heteroatoms. The summed E-state index contributed by atoms with van der Waals surface area (Å²) in [5, 5.41) is 2.04. The van der Waals surface area contributed by atoms with Crippen LogP contribution in [0.15, 0.2) is 64.9 Å². The molecule has 2 aromatic carbocycles. The molecule has 1 aliphatic heterocycles. The average molecular weight is 445 g/mol. The molecule has 5 nitrogen and oxygen atoms in total. The van der Waals surface area contributed by atoms with Crippen LogP contribution < -0.4 is 4.72 Å². The fraction of sp³-hybridized carbons (Fsp3) is 0.227. The van der Waals surface area contributed by atoms with Gasteiger partial charge < -0.3 is 4.90 Å². The molecular formula is C22H21FN2O3S2. The maximum atomic E-state index is 13.9. The maximum absolute atomic E-state index is 13.9. The first-order chi connectivity index (χ1) is 14.4. The molecule has 0 fully saturated rings. The van der Waals surface area contributed by atoms with E-state index < -0.39 is 15.8 Å². The van der Waals surface area contributed by atoms with Gasteiger partial charge in [0.15, 0.2) is 0 Å². The number of amides is 1. The normalized spacial score (nSPS) is 16.2. The second-order valence-corrected chi connectivity index (χ2v) is 9.77. The smallest absolute Gasteiger partial charge is 0.262 e. The predicted molar refractivity (Wildman–Crippen MR) is 116 cm³/mol. The highest BCUT2D eigenvalue weighted by Gasteiger charge is 2.31. The molecule has 1 atom stereocenters. The highest BCUT2D eigenvalue weighted by molar-refractivity contribution is 7.92. The molecular weight excluding hydrogens is 423 g/mol. The fourth-order valence-corrected chi connectivity index (χ4v) is 5.83. The zero-order valence-corrected chi connectivity index (χ0v) is 18.0. The lowest BCUT2D eigenvalue weighted by Crippen LogP contribution is -2.39. The molecule has 1 aromatic heterocycles. The van der Waals surface area contributed by atoms with Gasteiger partial charge in [0.2, 0.25) is 0 Å². The molecule has 30 heavy (non-hydrogen) atoms. The summed E-state index contributed by atoms with van der Waals surface area (Å²) >= 11 is 1.71. The van der Waals surface area contributed by atoms with E-state index in [-0.39, 0.29) is 22.5 Å². The summed E-state index contributed by atoms with van der Waals surface area (Å²) in [6, 6.07) is 13.5. The van der Waals surface area contributed by atoms with E-state index in [0.29, 0.717) is 12.1 Å². The largest absolute Gasteiger partial charge is 0.331 e. The van der Waals surface area contributed by atoms with Crippen LogP contribution in [0.4, 0.5) is 10.1 Å². The van der Waals surface area contributed by atoms with Gasteiger partial charge in [-0.15, -0.1) is 11.3 Å². The zero-order valence-electron chi connectivity index (χ0n) is 16.3. The number of nitrogens with one attached hydrogen (secondary N) is 1. The first-order valence-electron chi connectivity index (χ1n) is 9.65. The van der Waals surface area contributed by atoms with Crippen molar-refractivity contribution >= 4 is 33.0 Å². The van der Waals surface area contributed by atoms with Crippen LogP contribution in [0.2, 0.25) is 0 Å². The summed E-state index contributed by atoms with van der Waals surface area (Å²) in [5.74, 6) is -0.874. The molecule has 0 bridgehead atoms. The van der Waals surface area contributed by atoms with Crippen molar-refractivity contribution in [2.75, 3.05) is 11.3 Å². The summed E-state index contributed by atoms with van der Waals surface area (Å²) in [6.07, 6.45) is 1.57. The standard InChI is InChI=1S/C22H21FN2O3S2/c1-2-20-17-11-13-29-21(17)10-12-25(20)22(26)15-6-5-7-16(14-15)30(27,28)24-19-9-4-3-8-18(19)23/h3-9,11,13-14,20,24H,2,10,12H2,1H3. The number of nitrogens with zero attached hydrogens (tertiary/aromatic N) is 1. The Morgan fingerprint density at radius 2 is 2.00 bits per heavy atom. The molecule has 1 unspecified atom stereocenters. The Hall–Kier alpha value is -2.71. The second kappa shape index (κ2) is 8.20. The SMILES string of the molecule is CCC1c2ccsc2CCN1C(=O)c1cccc(S(=O)(=O)Nc2ccccc2F)c1. The van der Waals surface area contributed by atoms with E-state index in [0.717, 1.165) is 12.8 Å². The van der Waals surface area contributed by atoms with E-state index >= 15 is 0 Å². The molecule has 2 heterocycles. The van der Waals surface area contributed by atoms with E-state index in [9.17, 15) is 17.6 Å². The zero-order chi connectivity index (χ0) is 21.3. The number of carbonyl (C=O) groups is 1. The van der Waals surface area contributed by atoms with E-state index in [1.54, 1.807) is 23.5 Å². The van der Waals surface area contributed by atoms with Crippen molar-refractivity contribution in [3.05, 3.63) is 81.8 Å². The molecule has 0 radical (unpaired) electrons. The number of halogens is 1. The van der Waals surface area contributed by atoms with Gasteiger partial charge >= 0.3 is 0 Å². The number of hydrogen-bond acceptors (Lipinski definition) is 4. The molecule has 0 saturated carbocycles. The van der Waals surface area contributed by atoms with E-state index in [2.05, 4.69) is 10.8 Å². The van der Waals surface area contributed by atoms with Crippen LogP contribution in [0.5, 0.6) is 0 Å². The van der Waals surface area contributed by atoms with Crippen LogP contribution >= 0.6 is 11.3 Å². The topological polar surface area (TPSA) is 66.5 Å². The Balaban J connectivity index is 1.62. The lowest BCUT2D eigenvalue weighted by Gasteiger charge is -2.35. The number of rotatable bonds is 5.